The van der Waals surface area contributed by atoms with Gasteiger partial charge in [-0.15, -0.1) is 0 Å². The molecule has 6 heteroatoms. The molecule has 1 amide bonds. The van der Waals surface area contributed by atoms with Gasteiger partial charge in [0.15, 0.2) is 0 Å². The van der Waals surface area contributed by atoms with Crippen molar-refractivity contribution >= 4 is 34.2 Å². The molecule has 1 aliphatic rings. The molecule has 4 nitrogen and oxygen atoms in total. The molecule has 1 heterocycles. The number of carbonyl (C=O) groups excluding carboxylic acids is 1. The minimum Gasteiger partial charge on any atom is -0.494 e. The molecule has 1 fully saturated rings. The molecule has 1 saturated heterocycles. The lowest BCUT2D eigenvalue weighted by atomic mass is 10.1. The maximum Gasteiger partial charge on any atom is 0.241 e. The quantitative estimate of drug-likeness (QED) is 0.564. The van der Waals surface area contributed by atoms with E-state index in [4.69, 9.17) is 21.7 Å². The zero-order valence-electron chi connectivity index (χ0n) is 16.2. The van der Waals surface area contributed by atoms with Crippen LogP contribution in [0.25, 0.3) is 0 Å². The molecular formula is C22H25NO3S2. The summed E-state index contributed by atoms with van der Waals surface area (Å²) in [6, 6.07) is 16.0. The number of thioether (sulfide) groups is 1. The highest BCUT2D eigenvalue weighted by molar-refractivity contribution is 8.24. The number of hydrogen-bond acceptors (Lipinski definition) is 5. The third-order valence-corrected chi connectivity index (χ3v) is 6.11. The first-order valence-corrected chi connectivity index (χ1v) is 10.9. The van der Waals surface area contributed by atoms with E-state index < -0.39 is 0 Å². The summed E-state index contributed by atoms with van der Waals surface area (Å²) in [6.07, 6.45) is 1.39. The molecule has 2 aromatic rings. The van der Waals surface area contributed by atoms with Gasteiger partial charge in [-0.25, -0.2) is 0 Å². The predicted molar refractivity (Wildman–Crippen MR) is 118 cm³/mol. The fraction of sp³-hybridized carbons (Fsp3) is 0.364. The average Bonchev–Trinajstić information content (AvgIpc) is 2.96. The van der Waals surface area contributed by atoms with Crippen LogP contribution in [0.5, 0.6) is 11.5 Å². The lowest BCUT2D eigenvalue weighted by molar-refractivity contribution is -0.126. The Bertz CT molecular complexity index is 826. The van der Waals surface area contributed by atoms with Crippen molar-refractivity contribution in [1.82, 2.24) is 4.90 Å². The number of amides is 1. The number of rotatable bonds is 9. The minimum atomic E-state index is -0.208. The lowest BCUT2D eigenvalue weighted by Gasteiger charge is -2.16. The van der Waals surface area contributed by atoms with Gasteiger partial charge in [0, 0.05) is 12.6 Å². The second-order valence-corrected chi connectivity index (χ2v) is 8.27. The summed E-state index contributed by atoms with van der Waals surface area (Å²) in [6.45, 7) is 5.69. The summed E-state index contributed by atoms with van der Waals surface area (Å²) in [5, 5.41) is -0.208. The zero-order chi connectivity index (χ0) is 19.9. The maximum atomic E-state index is 12.9. The van der Waals surface area contributed by atoms with Gasteiger partial charge in [0.2, 0.25) is 5.91 Å². The van der Waals surface area contributed by atoms with Gasteiger partial charge in [0.25, 0.3) is 0 Å². The highest BCUT2D eigenvalue weighted by Crippen LogP contribution is 2.34. The first kappa shape index (κ1) is 20.7. The van der Waals surface area contributed by atoms with Crippen LogP contribution in [0, 0.1) is 0 Å². The van der Waals surface area contributed by atoms with E-state index in [9.17, 15) is 4.79 Å². The van der Waals surface area contributed by atoms with Gasteiger partial charge >= 0.3 is 0 Å². The lowest BCUT2D eigenvalue weighted by Crippen LogP contribution is -2.33. The largest absolute Gasteiger partial charge is 0.494 e. The molecule has 0 radical (unpaired) electrons. The Balaban J connectivity index is 1.67. The molecule has 1 atom stereocenters. The van der Waals surface area contributed by atoms with Crippen molar-refractivity contribution in [1.29, 1.82) is 0 Å². The van der Waals surface area contributed by atoms with Crippen molar-refractivity contribution < 1.29 is 14.3 Å². The first-order valence-electron chi connectivity index (χ1n) is 9.56. The zero-order valence-corrected chi connectivity index (χ0v) is 17.9. The van der Waals surface area contributed by atoms with Crippen molar-refractivity contribution in [3.05, 3.63) is 59.7 Å². The number of carbonyl (C=O) groups is 1. The van der Waals surface area contributed by atoms with Crippen LogP contribution >= 0.6 is 24.0 Å². The van der Waals surface area contributed by atoms with Crippen LogP contribution in [0.2, 0.25) is 0 Å². The highest BCUT2D eigenvalue weighted by Gasteiger charge is 2.37. The summed E-state index contributed by atoms with van der Waals surface area (Å²) in [5.74, 6) is 1.64. The summed E-state index contributed by atoms with van der Waals surface area (Å²) < 4.78 is 12.0. The van der Waals surface area contributed by atoms with Gasteiger partial charge in [-0.3, -0.25) is 9.69 Å². The number of nitrogens with zero attached hydrogens (tertiary/aromatic N) is 1. The van der Waals surface area contributed by atoms with Crippen molar-refractivity contribution in [2.75, 3.05) is 19.8 Å². The molecular weight excluding hydrogens is 390 g/mol. The van der Waals surface area contributed by atoms with Crippen LogP contribution < -0.4 is 9.47 Å². The van der Waals surface area contributed by atoms with Crippen LogP contribution in [0.15, 0.2) is 48.5 Å². The average molecular weight is 416 g/mol. The Morgan fingerprint density at radius 2 is 1.82 bits per heavy atom. The minimum absolute atomic E-state index is 0.0854. The molecule has 0 bridgehead atoms. The molecule has 0 unspecified atom stereocenters. The molecule has 3 rings (SSSR count). The Morgan fingerprint density at radius 3 is 2.54 bits per heavy atom. The van der Waals surface area contributed by atoms with Gasteiger partial charge in [0.1, 0.15) is 15.8 Å². The number of benzene rings is 2. The monoisotopic (exact) mass is 415 g/mol. The maximum absolute atomic E-state index is 12.9. The van der Waals surface area contributed by atoms with Gasteiger partial charge in [-0.2, -0.15) is 0 Å². The van der Waals surface area contributed by atoms with E-state index in [1.807, 2.05) is 50.2 Å². The molecule has 0 saturated carbocycles. The molecule has 148 valence electrons. The van der Waals surface area contributed by atoms with E-state index in [1.165, 1.54) is 17.3 Å². The summed E-state index contributed by atoms with van der Waals surface area (Å²) in [5.41, 5.74) is 2.21. The van der Waals surface area contributed by atoms with Crippen molar-refractivity contribution in [3.63, 3.8) is 0 Å². The Hall–Kier alpha value is -2.05. The molecule has 28 heavy (non-hydrogen) atoms. The van der Waals surface area contributed by atoms with Crippen molar-refractivity contribution in [2.24, 2.45) is 0 Å². The van der Waals surface area contributed by atoms with Gasteiger partial charge in [-0.1, -0.05) is 60.4 Å². The van der Waals surface area contributed by atoms with Crippen LogP contribution in [0.1, 0.15) is 25.0 Å². The Kier molecular flexibility index (Phi) is 7.34. The summed E-state index contributed by atoms with van der Waals surface area (Å²) in [7, 11) is 0. The van der Waals surface area contributed by atoms with Crippen LogP contribution in [0.4, 0.5) is 0 Å². The van der Waals surface area contributed by atoms with E-state index in [1.54, 1.807) is 4.90 Å². The normalized spacial score (nSPS) is 16.5. The van der Waals surface area contributed by atoms with E-state index in [0.717, 1.165) is 23.5 Å². The van der Waals surface area contributed by atoms with Crippen LogP contribution in [0.3, 0.4) is 0 Å². The number of hydrogen-bond donors (Lipinski definition) is 0. The van der Waals surface area contributed by atoms with Crippen LogP contribution in [-0.2, 0) is 17.6 Å². The topological polar surface area (TPSA) is 38.8 Å². The molecule has 0 aliphatic carbocycles. The van der Waals surface area contributed by atoms with Gasteiger partial charge < -0.3 is 9.47 Å². The SMILES string of the molecule is CCOc1ccc(C[C@H]2SC(=S)N(CCc3ccccc3)C2=O)c(OCC)c1. The Labute approximate surface area is 176 Å². The molecule has 0 spiro atoms. The van der Waals surface area contributed by atoms with E-state index >= 15 is 0 Å². The first-order chi connectivity index (χ1) is 13.6. The van der Waals surface area contributed by atoms with Crippen molar-refractivity contribution in [2.45, 2.75) is 31.9 Å². The predicted octanol–water partition coefficient (Wildman–Crippen LogP) is 4.50. The van der Waals surface area contributed by atoms with Gasteiger partial charge in [0.05, 0.1) is 18.5 Å². The summed E-state index contributed by atoms with van der Waals surface area (Å²) in [4.78, 5) is 14.7. The highest BCUT2D eigenvalue weighted by atomic mass is 32.2. The third kappa shape index (κ3) is 5.06. The van der Waals surface area contributed by atoms with E-state index in [0.29, 0.717) is 30.5 Å². The molecule has 0 aromatic heterocycles. The second-order valence-electron chi connectivity index (χ2n) is 6.44. The molecule has 2 aromatic carbocycles. The standard InChI is InChI=1S/C22H25NO3S2/c1-3-25-18-11-10-17(19(15-18)26-4-2)14-20-21(24)23(22(27)28-20)13-12-16-8-6-5-7-9-16/h5-11,15,20H,3-4,12-14H2,1-2H3/t20-/m1/s1. The Morgan fingerprint density at radius 1 is 1.07 bits per heavy atom. The molecule has 1 aliphatic heterocycles. The summed E-state index contributed by atoms with van der Waals surface area (Å²) >= 11 is 6.96. The van der Waals surface area contributed by atoms with E-state index in [-0.39, 0.29) is 11.2 Å². The van der Waals surface area contributed by atoms with Crippen LogP contribution in [-0.4, -0.2) is 40.1 Å². The molecule has 0 N–H and O–H groups in total. The fourth-order valence-electron chi connectivity index (χ4n) is 3.17. The third-order valence-electron chi connectivity index (χ3n) is 4.53. The van der Waals surface area contributed by atoms with Crippen molar-refractivity contribution in [3.8, 4) is 11.5 Å². The van der Waals surface area contributed by atoms with Gasteiger partial charge in [-0.05, 0) is 43.9 Å². The second kappa shape index (κ2) is 9.94. The number of thiocarbonyl (C=S) groups is 1. The fourth-order valence-corrected chi connectivity index (χ4v) is 4.74. The van der Waals surface area contributed by atoms with E-state index in [2.05, 4.69) is 12.1 Å². The smallest absolute Gasteiger partial charge is 0.241 e. The number of ether oxygens (including phenoxy) is 2.